The third kappa shape index (κ3) is 2.42. The van der Waals surface area contributed by atoms with Gasteiger partial charge in [0.2, 0.25) is 0 Å². The number of hydrogen-bond acceptors (Lipinski definition) is 4. The van der Waals surface area contributed by atoms with Crippen LogP contribution in [0.15, 0.2) is 0 Å². The van der Waals surface area contributed by atoms with Crippen molar-refractivity contribution in [2.75, 3.05) is 6.54 Å². The molecule has 1 saturated heterocycles. The molecule has 1 unspecified atom stereocenters. The summed E-state index contributed by atoms with van der Waals surface area (Å²) in [5, 5.41) is 11.1. The zero-order valence-electron chi connectivity index (χ0n) is 11.4. The SMILES string of the molecule is Cc1nc(C)c(C(=O)N2CCCC2C(C)(C)O)s1. The fraction of sp³-hybridized carbons (Fsp3) is 0.692. The minimum Gasteiger partial charge on any atom is -0.388 e. The van der Waals surface area contributed by atoms with Gasteiger partial charge in [-0.05, 0) is 40.5 Å². The molecule has 5 heteroatoms. The molecule has 0 saturated carbocycles. The van der Waals surface area contributed by atoms with Gasteiger partial charge in [0.05, 0.1) is 22.3 Å². The zero-order valence-corrected chi connectivity index (χ0v) is 12.2. The van der Waals surface area contributed by atoms with Gasteiger partial charge in [-0.1, -0.05) is 0 Å². The first-order valence-corrected chi connectivity index (χ1v) is 7.09. The molecular weight excluding hydrogens is 248 g/mol. The number of rotatable bonds is 2. The van der Waals surface area contributed by atoms with E-state index in [1.807, 2.05) is 13.8 Å². The Morgan fingerprint density at radius 1 is 1.50 bits per heavy atom. The summed E-state index contributed by atoms with van der Waals surface area (Å²) in [5.74, 6) is 0.0164. The average molecular weight is 268 g/mol. The maximum Gasteiger partial charge on any atom is 0.266 e. The Balaban J connectivity index is 2.26. The van der Waals surface area contributed by atoms with Gasteiger partial charge in [0.1, 0.15) is 4.88 Å². The zero-order chi connectivity index (χ0) is 13.5. The molecule has 0 aromatic carbocycles. The Labute approximate surface area is 112 Å². The van der Waals surface area contributed by atoms with Crippen LogP contribution in [0.2, 0.25) is 0 Å². The van der Waals surface area contributed by atoms with Crippen molar-refractivity contribution in [2.45, 2.75) is 52.2 Å². The van der Waals surface area contributed by atoms with E-state index in [0.717, 1.165) is 30.1 Å². The second-order valence-electron chi connectivity index (χ2n) is 5.46. The second kappa shape index (κ2) is 4.63. The first kappa shape index (κ1) is 13.5. The molecule has 0 spiro atoms. The summed E-state index contributed by atoms with van der Waals surface area (Å²) < 4.78 is 0. The van der Waals surface area contributed by atoms with E-state index in [1.165, 1.54) is 11.3 Å². The minimum absolute atomic E-state index is 0.0164. The van der Waals surface area contributed by atoms with Crippen molar-refractivity contribution in [1.82, 2.24) is 9.88 Å². The first-order valence-electron chi connectivity index (χ1n) is 6.28. The van der Waals surface area contributed by atoms with E-state index in [4.69, 9.17) is 0 Å². The van der Waals surface area contributed by atoms with Crippen molar-refractivity contribution < 1.29 is 9.90 Å². The smallest absolute Gasteiger partial charge is 0.266 e. The fourth-order valence-electron chi connectivity index (χ4n) is 2.60. The topological polar surface area (TPSA) is 53.4 Å². The molecule has 18 heavy (non-hydrogen) atoms. The number of aliphatic hydroxyl groups is 1. The molecule has 2 rings (SSSR count). The normalized spacial score (nSPS) is 20.5. The molecular formula is C13H20N2O2S. The van der Waals surface area contributed by atoms with Crippen molar-refractivity contribution >= 4 is 17.2 Å². The molecule has 0 bridgehead atoms. The molecule has 1 aromatic heterocycles. The number of likely N-dealkylation sites (tertiary alicyclic amines) is 1. The molecule has 1 N–H and O–H groups in total. The van der Waals surface area contributed by atoms with Crippen LogP contribution < -0.4 is 0 Å². The summed E-state index contributed by atoms with van der Waals surface area (Å²) >= 11 is 1.44. The third-order valence-corrected chi connectivity index (χ3v) is 4.49. The van der Waals surface area contributed by atoms with Gasteiger partial charge >= 0.3 is 0 Å². The molecule has 1 aromatic rings. The number of nitrogens with zero attached hydrogens (tertiary/aromatic N) is 2. The number of aryl methyl sites for hydroxylation is 2. The summed E-state index contributed by atoms with van der Waals surface area (Å²) in [6.07, 6.45) is 1.82. The molecule has 100 valence electrons. The van der Waals surface area contributed by atoms with E-state index in [0.29, 0.717) is 4.88 Å². The van der Waals surface area contributed by atoms with Gasteiger partial charge in [-0.15, -0.1) is 11.3 Å². The maximum absolute atomic E-state index is 12.5. The van der Waals surface area contributed by atoms with Crippen molar-refractivity contribution in [1.29, 1.82) is 0 Å². The van der Waals surface area contributed by atoms with E-state index in [1.54, 1.807) is 18.7 Å². The lowest BCUT2D eigenvalue weighted by Gasteiger charge is -2.33. The molecule has 0 aliphatic carbocycles. The highest BCUT2D eigenvalue weighted by Crippen LogP contribution is 2.30. The maximum atomic E-state index is 12.5. The monoisotopic (exact) mass is 268 g/mol. The van der Waals surface area contributed by atoms with Gasteiger partial charge in [0.15, 0.2) is 0 Å². The Morgan fingerprint density at radius 3 is 2.67 bits per heavy atom. The predicted octanol–water partition coefficient (Wildman–Crippen LogP) is 2.14. The van der Waals surface area contributed by atoms with Crippen LogP contribution in [-0.2, 0) is 0 Å². The van der Waals surface area contributed by atoms with Crippen molar-refractivity contribution in [2.24, 2.45) is 0 Å². The summed E-state index contributed by atoms with van der Waals surface area (Å²) in [4.78, 5) is 19.3. The minimum atomic E-state index is -0.847. The first-order chi connectivity index (χ1) is 8.30. The van der Waals surface area contributed by atoms with Gasteiger partial charge in [0.25, 0.3) is 5.91 Å². The molecule has 2 heterocycles. The fourth-order valence-corrected chi connectivity index (χ4v) is 3.48. The Morgan fingerprint density at radius 2 is 2.17 bits per heavy atom. The van der Waals surface area contributed by atoms with E-state index in [-0.39, 0.29) is 11.9 Å². The van der Waals surface area contributed by atoms with Crippen molar-refractivity contribution in [3.63, 3.8) is 0 Å². The van der Waals surface area contributed by atoms with Crippen LogP contribution in [0.25, 0.3) is 0 Å². The van der Waals surface area contributed by atoms with Crippen LogP contribution in [-0.4, -0.2) is 39.1 Å². The number of carbonyl (C=O) groups is 1. The number of carbonyl (C=O) groups excluding carboxylic acids is 1. The molecule has 1 aliphatic rings. The summed E-state index contributed by atoms with van der Waals surface area (Å²) in [6.45, 7) is 8.05. The van der Waals surface area contributed by atoms with E-state index in [9.17, 15) is 9.90 Å². The van der Waals surface area contributed by atoms with E-state index in [2.05, 4.69) is 4.98 Å². The average Bonchev–Trinajstić information content (AvgIpc) is 2.82. The summed E-state index contributed by atoms with van der Waals surface area (Å²) in [5.41, 5.74) is -0.0521. The Hall–Kier alpha value is -0.940. The third-order valence-electron chi connectivity index (χ3n) is 3.43. The standard InChI is InChI=1S/C13H20N2O2S/c1-8-11(18-9(2)14-8)12(16)15-7-5-6-10(15)13(3,4)17/h10,17H,5-7H2,1-4H3. The van der Waals surface area contributed by atoms with Crippen LogP contribution >= 0.6 is 11.3 Å². The molecule has 1 atom stereocenters. The largest absolute Gasteiger partial charge is 0.388 e. The number of hydrogen-bond donors (Lipinski definition) is 1. The lowest BCUT2D eigenvalue weighted by molar-refractivity contribution is 0.000479. The molecule has 0 radical (unpaired) electrons. The predicted molar refractivity (Wildman–Crippen MR) is 71.9 cm³/mol. The Kier molecular flexibility index (Phi) is 3.47. The van der Waals surface area contributed by atoms with Crippen LogP contribution in [0.3, 0.4) is 0 Å². The van der Waals surface area contributed by atoms with Crippen LogP contribution in [0.1, 0.15) is 47.1 Å². The summed E-state index contributed by atoms with van der Waals surface area (Å²) in [6, 6.07) is -0.0909. The van der Waals surface area contributed by atoms with Crippen molar-refractivity contribution in [3.05, 3.63) is 15.6 Å². The van der Waals surface area contributed by atoms with Gasteiger partial charge in [0, 0.05) is 6.54 Å². The summed E-state index contributed by atoms with van der Waals surface area (Å²) in [7, 11) is 0. The molecule has 1 amide bonds. The lowest BCUT2D eigenvalue weighted by Crippen LogP contribution is -2.48. The van der Waals surface area contributed by atoms with Gasteiger partial charge in [-0.25, -0.2) is 4.98 Å². The molecule has 1 fully saturated rings. The van der Waals surface area contributed by atoms with Crippen LogP contribution in [0.4, 0.5) is 0 Å². The highest BCUT2D eigenvalue weighted by Gasteiger charge is 2.39. The van der Waals surface area contributed by atoms with Gasteiger partial charge in [-0.3, -0.25) is 4.79 Å². The van der Waals surface area contributed by atoms with Gasteiger partial charge in [-0.2, -0.15) is 0 Å². The lowest BCUT2D eigenvalue weighted by atomic mass is 9.96. The number of aromatic nitrogens is 1. The molecule has 4 nitrogen and oxygen atoms in total. The number of amides is 1. The van der Waals surface area contributed by atoms with Crippen molar-refractivity contribution in [3.8, 4) is 0 Å². The number of thiazole rings is 1. The van der Waals surface area contributed by atoms with E-state index < -0.39 is 5.60 Å². The highest BCUT2D eigenvalue weighted by atomic mass is 32.1. The quantitative estimate of drug-likeness (QED) is 0.894. The van der Waals surface area contributed by atoms with E-state index >= 15 is 0 Å². The second-order valence-corrected chi connectivity index (χ2v) is 6.66. The van der Waals surface area contributed by atoms with Crippen LogP contribution in [0, 0.1) is 13.8 Å². The Bertz CT molecular complexity index is 462. The van der Waals surface area contributed by atoms with Gasteiger partial charge < -0.3 is 10.0 Å². The molecule has 1 aliphatic heterocycles. The highest BCUT2D eigenvalue weighted by molar-refractivity contribution is 7.13. The van der Waals surface area contributed by atoms with Crippen LogP contribution in [0.5, 0.6) is 0 Å².